The third kappa shape index (κ3) is 4.81. The van der Waals surface area contributed by atoms with Gasteiger partial charge in [-0.05, 0) is 42.7 Å². The molecule has 2 aliphatic heterocycles. The molecule has 0 radical (unpaired) electrons. The summed E-state index contributed by atoms with van der Waals surface area (Å²) in [4.78, 5) is 6.02. The van der Waals surface area contributed by atoms with Crippen molar-refractivity contribution in [3.8, 4) is 0 Å². The number of alkyl halides is 5. The van der Waals surface area contributed by atoms with E-state index in [1.807, 2.05) is 0 Å². The maximum atomic E-state index is 14.6. The lowest BCUT2D eigenvalue weighted by atomic mass is 9.99. The minimum Gasteiger partial charge on any atom is -0.354 e. The summed E-state index contributed by atoms with van der Waals surface area (Å²) in [5.74, 6) is -7.06. The summed E-state index contributed by atoms with van der Waals surface area (Å²) < 4.78 is 122. The second kappa shape index (κ2) is 9.36. The summed E-state index contributed by atoms with van der Waals surface area (Å²) in [6, 6.07) is 3.83. The third-order valence-electron chi connectivity index (χ3n) is 6.81. The Balaban J connectivity index is 1.43. The molecular formula is C23H22F7N5O2S. The van der Waals surface area contributed by atoms with E-state index in [0.29, 0.717) is 29.7 Å². The van der Waals surface area contributed by atoms with Crippen molar-refractivity contribution in [3.63, 3.8) is 0 Å². The summed E-state index contributed by atoms with van der Waals surface area (Å²) in [7, 11) is -3.35. The van der Waals surface area contributed by atoms with Crippen LogP contribution in [-0.2, 0) is 10.0 Å². The van der Waals surface area contributed by atoms with Gasteiger partial charge in [-0.15, -0.1) is 0 Å². The van der Waals surface area contributed by atoms with E-state index in [-0.39, 0.29) is 37.0 Å². The topological polar surface area (TPSA) is 69.1 Å². The summed E-state index contributed by atoms with van der Waals surface area (Å²) in [5, 5.41) is 3.81. The molecule has 7 nitrogen and oxygen atoms in total. The van der Waals surface area contributed by atoms with Crippen LogP contribution in [0.4, 0.5) is 42.2 Å². The lowest BCUT2D eigenvalue weighted by Gasteiger charge is -2.35. The first-order valence-corrected chi connectivity index (χ1v) is 13.3. The number of sulfonamides is 1. The monoisotopic (exact) mass is 565 g/mol. The predicted molar refractivity (Wildman–Crippen MR) is 125 cm³/mol. The Hall–Kier alpha value is -2.94. The Kier molecular flexibility index (Phi) is 6.57. The molecule has 1 aliphatic carbocycles. The summed E-state index contributed by atoms with van der Waals surface area (Å²) >= 11 is 0. The van der Waals surface area contributed by atoms with Crippen molar-refractivity contribution in [2.75, 3.05) is 36.1 Å². The zero-order valence-electron chi connectivity index (χ0n) is 19.7. The lowest BCUT2D eigenvalue weighted by Crippen LogP contribution is -2.49. The van der Waals surface area contributed by atoms with E-state index in [4.69, 9.17) is 0 Å². The fraction of sp³-hybridized carbons (Fsp3) is 0.478. The second-order valence-electron chi connectivity index (χ2n) is 9.36. The van der Waals surface area contributed by atoms with Gasteiger partial charge in [-0.3, -0.25) is 5.01 Å². The van der Waals surface area contributed by atoms with Crippen molar-refractivity contribution in [1.82, 2.24) is 9.29 Å². The number of hydrogen-bond donors (Lipinski definition) is 0. The van der Waals surface area contributed by atoms with Gasteiger partial charge in [0.05, 0.1) is 17.0 Å². The van der Waals surface area contributed by atoms with Crippen molar-refractivity contribution in [2.24, 2.45) is 5.10 Å². The Morgan fingerprint density at radius 1 is 0.921 bits per heavy atom. The second-order valence-corrected chi connectivity index (χ2v) is 11.6. The molecule has 1 atom stereocenters. The van der Waals surface area contributed by atoms with Crippen LogP contribution in [0.5, 0.6) is 0 Å². The van der Waals surface area contributed by atoms with Gasteiger partial charge in [0.1, 0.15) is 17.3 Å². The van der Waals surface area contributed by atoms with Crippen molar-refractivity contribution < 1.29 is 39.2 Å². The zero-order chi connectivity index (χ0) is 27.5. The molecule has 206 valence electrons. The molecular weight excluding hydrogens is 543 g/mol. The van der Waals surface area contributed by atoms with Crippen LogP contribution < -0.4 is 9.91 Å². The SMILES string of the molecule is O=S(=O)(C1CC1)N1CCN(c2cc(C3CC(C(F)(F)C(F)(F)F)=NN3c3ccc(F)cc3F)ccn2)CC1. The van der Waals surface area contributed by atoms with Crippen LogP contribution in [0.2, 0.25) is 0 Å². The number of aromatic nitrogens is 1. The number of hydrazone groups is 1. The fourth-order valence-electron chi connectivity index (χ4n) is 4.58. The number of rotatable bonds is 6. The average molecular weight is 566 g/mol. The summed E-state index contributed by atoms with van der Waals surface area (Å²) in [6.45, 7) is 1.01. The van der Waals surface area contributed by atoms with Gasteiger partial charge in [-0.25, -0.2) is 22.2 Å². The quantitative estimate of drug-likeness (QED) is 0.484. The minimum atomic E-state index is -5.92. The van der Waals surface area contributed by atoms with Gasteiger partial charge in [0.25, 0.3) is 0 Å². The van der Waals surface area contributed by atoms with Crippen LogP contribution in [0.1, 0.15) is 30.9 Å². The highest BCUT2D eigenvalue weighted by molar-refractivity contribution is 7.90. The molecule has 3 heterocycles. The molecule has 1 aromatic carbocycles. The summed E-state index contributed by atoms with van der Waals surface area (Å²) in [5.41, 5.74) is -1.75. The number of halogens is 7. The Morgan fingerprint density at radius 2 is 1.61 bits per heavy atom. The van der Waals surface area contributed by atoms with Crippen LogP contribution in [0.3, 0.4) is 0 Å². The highest BCUT2D eigenvalue weighted by Gasteiger charge is 2.63. The molecule has 1 saturated carbocycles. The van der Waals surface area contributed by atoms with E-state index in [2.05, 4.69) is 10.1 Å². The maximum Gasteiger partial charge on any atom is 0.459 e. The molecule has 15 heteroatoms. The highest BCUT2D eigenvalue weighted by atomic mass is 32.2. The van der Waals surface area contributed by atoms with Crippen LogP contribution in [0, 0.1) is 11.6 Å². The Morgan fingerprint density at radius 3 is 2.21 bits per heavy atom. The van der Waals surface area contributed by atoms with E-state index in [1.54, 1.807) is 4.90 Å². The molecule has 3 aliphatic rings. The molecule has 1 aromatic heterocycles. The Bertz CT molecular complexity index is 1360. The van der Waals surface area contributed by atoms with Crippen molar-refractivity contribution in [3.05, 3.63) is 53.7 Å². The van der Waals surface area contributed by atoms with E-state index < -0.39 is 57.6 Å². The van der Waals surface area contributed by atoms with Gasteiger partial charge in [0.15, 0.2) is 5.82 Å². The molecule has 2 aromatic rings. The van der Waals surface area contributed by atoms with Crippen molar-refractivity contribution in [2.45, 2.75) is 42.7 Å². The number of benzene rings is 1. The van der Waals surface area contributed by atoms with E-state index >= 15 is 0 Å². The molecule has 0 amide bonds. The van der Waals surface area contributed by atoms with Gasteiger partial charge >= 0.3 is 12.1 Å². The number of hydrogen-bond acceptors (Lipinski definition) is 6. The predicted octanol–water partition coefficient (Wildman–Crippen LogP) is 4.48. The normalized spacial score (nSPS) is 21.7. The van der Waals surface area contributed by atoms with Crippen molar-refractivity contribution in [1.29, 1.82) is 0 Å². The zero-order valence-corrected chi connectivity index (χ0v) is 20.5. The Labute approximate surface area is 213 Å². The first-order chi connectivity index (χ1) is 17.8. The van der Waals surface area contributed by atoms with E-state index in [0.717, 1.165) is 12.1 Å². The first kappa shape index (κ1) is 26.7. The minimum absolute atomic E-state index is 0.214. The van der Waals surface area contributed by atoms with Gasteiger partial charge in [-0.2, -0.15) is 31.4 Å². The molecule has 0 bridgehead atoms. The van der Waals surface area contributed by atoms with Gasteiger partial charge < -0.3 is 4.90 Å². The molecule has 1 unspecified atom stereocenters. The number of anilines is 2. The number of pyridine rings is 1. The van der Waals surface area contributed by atoms with Crippen LogP contribution in [0.15, 0.2) is 41.6 Å². The van der Waals surface area contributed by atoms with Gasteiger partial charge in [0.2, 0.25) is 10.0 Å². The summed E-state index contributed by atoms with van der Waals surface area (Å²) in [6.07, 6.45) is -4.19. The maximum absolute atomic E-state index is 14.6. The standard InChI is InChI=1S/C23H22F7N5O2S/c24-15-1-4-18(17(25)12-15)35-19(13-20(32-35)22(26,27)23(28,29)30)14-5-6-31-21(11-14)33-7-9-34(10-8-33)38(36,37)16-2-3-16/h1,4-6,11-12,16,19H,2-3,7-10,13H2. The smallest absolute Gasteiger partial charge is 0.354 e. The van der Waals surface area contributed by atoms with Crippen LogP contribution in [-0.4, -0.2) is 66.9 Å². The van der Waals surface area contributed by atoms with Crippen LogP contribution in [0.25, 0.3) is 0 Å². The fourth-order valence-corrected chi connectivity index (χ4v) is 6.40. The molecule has 2 fully saturated rings. The number of piperazine rings is 1. The molecule has 38 heavy (non-hydrogen) atoms. The third-order valence-corrected chi connectivity index (χ3v) is 9.21. The molecule has 5 rings (SSSR count). The first-order valence-electron chi connectivity index (χ1n) is 11.8. The van der Waals surface area contributed by atoms with Gasteiger partial charge in [-0.1, -0.05) is 0 Å². The molecule has 1 saturated heterocycles. The molecule has 0 N–H and O–H groups in total. The number of nitrogens with zero attached hydrogens (tertiary/aromatic N) is 5. The van der Waals surface area contributed by atoms with E-state index in [1.165, 1.54) is 22.6 Å². The van der Waals surface area contributed by atoms with Crippen LogP contribution >= 0.6 is 0 Å². The molecule has 0 spiro atoms. The van der Waals surface area contributed by atoms with Crippen molar-refractivity contribution >= 4 is 27.2 Å². The largest absolute Gasteiger partial charge is 0.459 e. The van der Waals surface area contributed by atoms with E-state index in [9.17, 15) is 39.2 Å². The lowest BCUT2D eigenvalue weighted by molar-refractivity contribution is -0.249. The average Bonchev–Trinajstić information content (AvgIpc) is 3.63. The highest BCUT2D eigenvalue weighted by Crippen LogP contribution is 2.45. The van der Waals surface area contributed by atoms with Gasteiger partial charge in [0, 0.05) is 44.9 Å².